The average molecular weight is 444 g/mol. The predicted octanol–water partition coefficient (Wildman–Crippen LogP) is 1.61. The van der Waals surface area contributed by atoms with Gasteiger partial charge in [-0.2, -0.15) is 0 Å². The van der Waals surface area contributed by atoms with E-state index in [4.69, 9.17) is 18.9 Å². The summed E-state index contributed by atoms with van der Waals surface area (Å²) in [5, 5.41) is 24.0. The second-order valence-corrected chi connectivity index (χ2v) is 11.2. The molecule has 8 heteroatoms. The number of rotatable bonds is 9. The fourth-order valence-corrected chi connectivity index (χ4v) is 6.05. The van der Waals surface area contributed by atoms with E-state index in [2.05, 4.69) is 33.0 Å². The Morgan fingerprint density at radius 2 is 1.74 bits per heavy atom. The maximum atomic E-state index is 11.7. The SMILES string of the molecule is COC1(C)CC(C)(COC2OC(COCC3(C)CC(C)C3)C(O)C(O)C2NC(C)=O)C1. The highest BCUT2D eigenvalue weighted by Crippen LogP contribution is 2.50. The fourth-order valence-electron chi connectivity index (χ4n) is 6.05. The summed E-state index contributed by atoms with van der Waals surface area (Å²) < 4.78 is 23.5. The third-order valence-electron chi connectivity index (χ3n) is 7.18. The summed E-state index contributed by atoms with van der Waals surface area (Å²) in [6.07, 6.45) is -0.0512. The quantitative estimate of drug-likeness (QED) is 0.497. The van der Waals surface area contributed by atoms with E-state index in [-0.39, 0.29) is 28.9 Å². The molecule has 3 fully saturated rings. The minimum Gasteiger partial charge on any atom is -0.388 e. The van der Waals surface area contributed by atoms with Crippen molar-refractivity contribution in [2.45, 2.75) is 96.5 Å². The second kappa shape index (κ2) is 9.23. The summed E-state index contributed by atoms with van der Waals surface area (Å²) in [4.78, 5) is 11.7. The predicted molar refractivity (Wildman–Crippen MR) is 114 cm³/mol. The van der Waals surface area contributed by atoms with E-state index in [9.17, 15) is 15.0 Å². The molecule has 1 aliphatic heterocycles. The molecular formula is C23H41NO7. The number of aliphatic hydroxyl groups excluding tert-OH is 2. The molecule has 5 unspecified atom stereocenters. The Kier molecular flexibility index (Phi) is 7.41. The van der Waals surface area contributed by atoms with E-state index >= 15 is 0 Å². The van der Waals surface area contributed by atoms with Crippen molar-refractivity contribution < 1.29 is 34.0 Å². The molecule has 0 spiro atoms. The summed E-state index contributed by atoms with van der Waals surface area (Å²) in [6, 6.07) is -0.855. The molecule has 0 aromatic heterocycles. The lowest BCUT2D eigenvalue weighted by molar-refractivity contribution is -0.287. The Morgan fingerprint density at radius 3 is 2.29 bits per heavy atom. The molecule has 1 saturated heterocycles. The first-order chi connectivity index (χ1) is 14.4. The van der Waals surface area contributed by atoms with E-state index in [1.165, 1.54) is 6.92 Å². The van der Waals surface area contributed by atoms with Gasteiger partial charge in [0, 0.05) is 14.0 Å². The van der Waals surface area contributed by atoms with Crippen LogP contribution < -0.4 is 5.32 Å². The maximum Gasteiger partial charge on any atom is 0.217 e. The third-order valence-corrected chi connectivity index (χ3v) is 7.18. The van der Waals surface area contributed by atoms with Gasteiger partial charge in [-0.25, -0.2) is 0 Å². The number of nitrogens with one attached hydrogen (secondary N) is 1. The first-order valence-electron chi connectivity index (χ1n) is 11.4. The molecule has 3 rings (SSSR count). The largest absolute Gasteiger partial charge is 0.388 e. The van der Waals surface area contributed by atoms with Gasteiger partial charge in [0.2, 0.25) is 5.91 Å². The molecule has 2 saturated carbocycles. The molecule has 0 aromatic carbocycles. The Hall–Kier alpha value is -0.770. The number of carbonyl (C=O) groups is 1. The van der Waals surface area contributed by atoms with Gasteiger partial charge in [0.15, 0.2) is 6.29 Å². The highest BCUT2D eigenvalue weighted by atomic mass is 16.7. The lowest BCUT2D eigenvalue weighted by Gasteiger charge is -2.52. The number of hydrogen-bond acceptors (Lipinski definition) is 7. The Bertz CT molecular complexity index is 629. The zero-order valence-electron chi connectivity index (χ0n) is 19.8. The van der Waals surface area contributed by atoms with Crippen LogP contribution in [0.4, 0.5) is 0 Å². The highest BCUT2D eigenvalue weighted by molar-refractivity contribution is 5.73. The number of aliphatic hydroxyl groups is 2. The number of amides is 1. The van der Waals surface area contributed by atoms with Crippen molar-refractivity contribution >= 4 is 5.91 Å². The van der Waals surface area contributed by atoms with Crippen LogP contribution in [0.25, 0.3) is 0 Å². The number of hydrogen-bond donors (Lipinski definition) is 3. The molecule has 2 aliphatic carbocycles. The average Bonchev–Trinajstić information content (AvgIpc) is 2.63. The lowest BCUT2D eigenvalue weighted by atomic mass is 9.61. The zero-order valence-corrected chi connectivity index (χ0v) is 19.8. The van der Waals surface area contributed by atoms with Crippen molar-refractivity contribution in [2.75, 3.05) is 26.9 Å². The van der Waals surface area contributed by atoms with Crippen molar-refractivity contribution in [3.8, 4) is 0 Å². The van der Waals surface area contributed by atoms with Gasteiger partial charge < -0.3 is 34.5 Å². The first-order valence-corrected chi connectivity index (χ1v) is 11.4. The van der Waals surface area contributed by atoms with E-state index in [1.54, 1.807) is 7.11 Å². The number of carbonyl (C=O) groups excluding carboxylic acids is 1. The van der Waals surface area contributed by atoms with Gasteiger partial charge in [-0.3, -0.25) is 4.79 Å². The van der Waals surface area contributed by atoms with Crippen molar-refractivity contribution in [1.82, 2.24) is 5.32 Å². The van der Waals surface area contributed by atoms with E-state index in [1.807, 2.05) is 0 Å². The molecule has 180 valence electrons. The molecule has 1 heterocycles. The fraction of sp³-hybridized carbons (Fsp3) is 0.957. The molecule has 31 heavy (non-hydrogen) atoms. The summed E-state index contributed by atoms with van der Waals surface area (Å²) in [5.74, 6) is 0.396. The zero-order chi connectivity index (χ0) is 23.0. The van der Waals surface area contributed by atoms with Crippen LogP contribution >= 0.6 is 0 Å². The van der Waals surface area contributed by atoms with Gasteiger partial charge in [-0.1, -0.05) is 20.8 Å². The topological polar surface area (TPSA) is 106 Å². The van der Waals surface area contributed by atoms with Gasteiger partial charge >= 0.3 is 0 Å². The second-order valence-electron chi connectivity index (χ2n) is 11.2. The van der Waals surface area contributed by atoms with Crippen LogP contribution in [-0.4, -0.2) is 79.3 Å². The molecule has 5 atom stereocenters. The van der Waals surface area contributed by atoms with Crippen LogP contribution in [0, 0.1) is 16.7 Å². The lowest BCUT2D eigenvalue weighted by Crippen LogP contribution is -2.65. The van der Waals surface area contributed by atoms with E-state index in [0.29, 0.717) is 13.2 Å². The van der Waals surface area contributed by atoms with Crippen molar-refractivity contribution in [3.05, 3.63) is 0 Å². The van der Waals surface area contributed by atoms with Crippen LogP contribution in [0.5, 0.6) is 0 Å². The molecule has 0 bridgehead atoms. The van der Waals surface area contributed by atoms with Crippen LogP contribution in [0.15, 0.2) is 0 Å². The standard InChI is InChI=1S/C23H41NO7/c1-14-7-21(3,8-14)12-29-9-16-18(26)19(27)17(24-15(2)25)20(31-16)30-13-22(4)10-23(5,11-22)28-6/h14,16-20,26-27H,7-13H2,1-6H3,(H,24,25). The van der Waals surface area contributed by atoms with E-state index < -0.39 is 30.6 Å². The molecule has 0 radical (unpaired) electrons. The van der Waals surface area contributed by atoms with Gasteiger partial charge in [0.25, 0.3) is 0 Å². The summed E-state index contributed by atoms with van der Waals surface area (Å²) in [5.41, 5.74) is -0.0553. The highest BCUT2D eigenvalue weighted by Gasteiger charge is 2.51. The van der Waals surface area contributed by atoms with Crippen LogP contribution in [0.2, 0.25) is 0 Å². The minimum atomic E-state index is -1.21. The third kappa shape index (κ3) is 5.78. The van der Waals surface area contributed by atoms with Crippen molar-refractivity contribution in [1.29, 1.82) is 0 Å². The molecule has 3 N–H and O–H groups in total. The van der Waals surface area contributed by atoms with E-state index in [0.717, 1.165) is 31.6 Å². The van der Waals surface area contributed by atoms with Gasteiger partial charge in [0.05, 0.1) is 25.4 Å². The first kappa shape index (κ1) is 24.9. The van der Waals surface area contributed by atoms with Gasteiger partial charge in [-0.15, -0.1) is 0 Å². The van der Waals surface area contributed by atoms with Gasteiger partial charge in [-0.05, 0) is 49.4 Å². The van der Waals surface area contributed by atoms with Crippen LogP contribution in [-0.2, 0) is 23.7 Å². The Balaban J connectivity index is 1.58. The smallest absolute Gasteiger partial charge is 0.217 e. The minimum absolute atomic E-state index is 0.0720. The molecule has 0 aromatic rings. The summed E-state index contributed by atoms with van der Waals surface area (Å²) >= 11 is 0. The molecule has 1 amide bonds. The number of methoxy groups -OCH3 is 1. The Morgan fingerprint density at radius 1 is 1.10 bits per heavy atom. The normalized spacial score (nSPS) is 47.4. The van der Waals surface area contributed by atoms with Gasteiger partial charge in [0.1, 0.15) is 24.4 Å². The maximum absolute atomic E-state index is 11.7. The number of ether oxygens (including phenoxy) is 4. The summed E-state index contributed by atoms with van der Waals surface area (Å²) in [6.45, 7) is 11.1. The molecule has 3 aliphatic rings. The van der Waals surface area contributed by atoms with Crippen molar-refractivity contribution in [2.24, 2.45) is 16.7 Å². The molecular weight excluding hydrogens is 402 g/mol. The van der Waals surface area contributed by atoms with Crippen LogP contribution in [0.1, 0.15) is 60.3 Å². The Labute approximate surface area is 186 Å². The van der Waals surface area contributed by atoms with Crippen LogP contribution in [0.3, 0.4) is 0 Å². The molecule has 8 nitrogen and oxygen atoms in total. The monoisotopic (exact) mass is 443 g/mol. The van der Waals surface area contributed by atoms with Crippen molar-refractivity contribution in [3.63, 3.8) is 0 Å². The summed E-state index contributed by atoms with van der Waals surface area (Å²) in [7, 11) is 1.71.